The molecule has 1 aromatic carbocycles. The standard InChI is InChI=1S/C20H25N3S3/c1-2-3-4-5-6-7-11-14-18-21-22-19(26-18)23-17(15-25-20(23)24)16-12-9-8-10-13-16/h8-10,12-13,15H,2-7,11,14H2,1H3. The van der Waals surface area contributed by atoms with Gasteiger partial charge in [0.2, 0.25) is 5.13 Å². The number of unbranched alkanes of at least 4 members (excludes halogenated alkanes) is 6. The van der Waals surface area contributed by atoms with Gasteiger partial charge in [0.05, 0.1) is 5.69 Å². The molecule has 0 saturated carbocycles. The van der Waals surface area contributed by atoms with E-state index in [4.69, 9.17) is 12.2 Å². The van der Waals surface area contributed by atoms with Crippen LogP contribution in [0.5, 0.6) is 0 Å². The molecule has 2 heterocycles. The molecule has 3 rings (SSSR count). The number of nitrogens with zero attached hydrogens (tertiary/aromatic N) is 3. The lowest BCUT2D eigenvalue weighted by atomic mass is 10.1. The summed E-state index contributed by atoms with van der Waals surface area (Å²) in [5.41, 5.74) is 2.25. The summed E-state index contributed by atoms with van der Waals surface area (Å²) in [5, 5.41) is 12.9. The number of rotatable bonds is 10. The number of aromatic nitrogens is 3. The van der Waals surface area contributed by atoms with Crippen LogP contribution in [-0.4, -0.2) is 14.8 Å². The first kappa shape index (κ1) is 19.4. The number of benzene rings is 1. The van der Waals surface area contributed by atoms with Crippen molar-refractivity contribution in [2.45, 2.75) is 58.3 Å². The maximum absolute atomic E-state index is 5.54. The van der Waals surface area contributed by atoms with Gasteiger partial charge in [0, 0.05) is 11.8 Å². The fourth-order valence-corrected chi connectivity index (χ4v) is 5.06. The molecule has 0 N–H and O–H groups in total. The van der Waals surface area contributed by atoms with Gasteiger partial charge in [0.15, 0.2) is 3.95 Å². The average Bonchev–Trinajstić information content (AvgIpc) is 3.28. The van der Waals surface area contributed by atoms with E-state index in [1.54, 1.807) is 22.7 Å². The Morgan fingerprint density at radius 2 is 1.69 bits per heavy atom. The summed E-state index contributed by atoms with van der Waals surface area (Å²) in [7, 11) is 0. The van der Waals surface area contributed by atoms with Crippen molar-refractivity contribution in [1.82, 2.24) is 14.8 Å². The molecule has 0 amide bonds. The van der Waals surface area contributed by atoms with E-state index in [1.165, 1.54) is 44.9 Å². The molecule has 138 valence electrons. The molecule has 0 saturated heterocycles. The monoisotopic (exact) mass is 403 g/mol. The van der Waals surface area contributed by atoms with Crippen molar-refractivity contribution in [2.75, 3.05) is 0 Å². The van der Waals surface area contributed by atoms with Crippen molar-refractivity contribution < 1.29 is 0 Å². The van der Waals surface area contributed by atoms with Crippen molar-refractivity contribution in [3.63, 3.8) is 0 Å². The van der Waals surface area contributed by atoms with Gasteiger partial charge in [-0.2, -0.15) is 0 Å². The van der Waals surface area contributed by atoms with E-state index >= 15 is 0 Å². The van der Waals surface area contributed by atoms with Gasteiger partial charge in [0.1, 0.15) is 5.01 Å². The van der Waals surface area contributed by atoms with Crippen molar-refractivity contribution >= 4 is 34.9 Å². The lowest BCUT2D eigenvalue weighted by Crippen LogP contribution is -1.95. The summed E-state index contributed by atoms with van der Waals surface area (Å²) in [6.45, 7) is 2.26. The van der Waals surface area contributed by atoms with Crippen LogP contribution in [0.2, 0.25) is 0 Å². The second-order valence-electron chi connectivity index (χ2n) is 6.44. The van der Waals surface area contributed by atoms with Crippen LogP contribution in [0.3, 0.4) is 0 Å². The highest BCUT2D eigenvalue weighted by atomic mass is 32.1. The smallest absolute Gasteiger partial charge is 0.218 e. The Labute approximate surface area is 168 Å². The lowest BCUT2D eigenvalue weighted by Gasteiger charge is -2.04. The van der Waals surface area contributed by atoms with Crippen molar-refractivity contribution in [3.05, 3.63) is 44.7 Å². The van der Waals surface area contributed by atoms with Crippen molar-refractivity contribution in [3.8, 4) is 16.4 Å². The molecule has 3 aromatic rings. The van der Waals surface area contributed by atoms with Crippen molar-refractivity contribution in [1.29, 1.82) is 0 Å². The molecule has 3 nitrogen and oxygen atoms in total. The van der Waals surface area contributed by atoms with Gasteiger partial charge < -0.3 is 0 Å². The molecular formula is C20H25N3S3. The minimum atomic E-state index is 0.822. The van der Waals surface area contributed by atoms with Crippen LogP contribution >= 0.6 is 34.9 Å². The van der Waals surface area contributed by atoms with E-state index in [0.717, 1.165) is 31.8 Å². The molecule has 2 aromatic heterocycles. The summed E-state index contributed by atoms with van der Waals surface area (Å²) in [6, 6.07) is 10.3. The first-order valence-corrected chi connectivity index (χ1v) is 11.5. The fraction of sp³-hybridized carbons (Fsp3) is 0.450. The summed E-state index contributed by atoms with van der Waals surface area (Å²) in [4.78, 5) is 0. The van der Waals surface area contributed by atoms with E-state index in [-0.39, 0.29) is 0 Å². The highest BCUT2D eigenvalue weighted by Gasteiger charge is 2.13. The van der Waals surface area contributed by atoms with Crippen LogP contribution in [0.1, 0.15) is 56.9 Å². The van der Waals surface area contributed by atoms with Crippen LogP contribution in [-0.2, 0) is 6.42 Å². The predicted molar refractivity (Wildman–Crippen MR) is 115 cm³/mol. The van der Waals surface area contributed by atoms with Gasteiger partial charge in [-0.15, -0.1) is 21.5 Å². The molecular weight excluding hydrogens is 378 g/mol. The number of aryl methyl sites for hydroxylation is 1. The van der Waals surface area contributed by atoms with E-state index in [1.807, 2.05) is 18.2 Å². The maximum Gasteiger partial charge on any atom is 0.218 e. The number of hydrogen-bond acceptors (Lipinski definition) is 5. The average molecular weight is 404 g/mol. The Hall–Kier alpha value is -1.37. The highest BCUT2D eigenvalue weighted by molar-refractivity contribution is 7.73. The largest absolute Gasteiger partial charge is 0.265 e. The topological polar surface area (TPSA) is 30.7 Å². The molecule has 0 unspecified atom stereocenters. The Balaban J connectivity index is 1.62. The van der Waals surface area contributed by atoms with Crippen LogP contribution in [0.25, 0.3) is 16.4 Å². The summed E-state index contributed by atoms with van der Waals surface area (Å²) in [5.74, 6) is 0. The molecule has 0 bridgehead atoms. The zero-order valence-electron chi connectivity index (χ0n) is 15.2. The number of hydrogen-bond donors (Lipinski definition) is 0. The molecule has 0 aliphatic carbocycles. The third kappa shape index (κ3) is 5.09. The molecule has 0 fully saturated rings. The Morgan fingerprint density at radius 3 is 2.46 bits per heavy atom. The SMILES string of the molecule is CCCCCCCCCc1nnc(-n2c(-c3ccccc3)csc2=S)s1. The van der Waals surface area contributed by atoms with Gasteiger partial charge >= 0.3 is 0 Å². The molecule has 6 heteroatoms. The molecule has 0 spiro atoms. The molecule has 26 heavy (non-hydrogen) atoms. The molecule has 0 aliphatic rings. The fourth-order valence-electron chi connectivity index (χ4n) is 2.97. The second kappa shape index (κ2) is 10.1. The van der Waals surface area contributed by atoms with E-state index < -0.39 is 0 Å². The minimum absolute atomic E-state index is 0.822. The van der Waals surface area contributed by atoms with Crippen LogP contribution < -0.4 is 0 Å². The van der Waals surface area contributed by atoms with Gasteiger partial charge in [-0.1, -0.05) is 87.1 Å². The third-order valence-corrected chi connectivity index (χ3v) is 6.57. The molecule has 0 radical (unpaired) electrons. The normalized spacial score (nSPS) is 11.1. The second-order valence-corrected chi connectivity index (χ2v) is 8.98. The van der Waals surface area contributed by atoms with Crippen LogP contribution in [0, 0.1) is 3.95 Å². The quantitative estimate of drug-likeness (QED) is 0.268. The summed E-state index contributed by atoms with van der Waals surface area (Å²) >= 11 is 8.78. The maximum atomic E-state index is 5.54. The van der Waals surface area contributed by atoms with E-state index in [9.17, 15) is 0 Å². The van der Waals surface area contributed by atoms with Gasteiger partial charge in [-0.3, -0.25) is 4.57 Å². The first-order valence-electron chi connectivity index (χ1n) is 9.38. The Bertz CT molecular complexity index is 849. The molecule has 0 aliphatic heterocycles. The van der Waals surface area contributed by atoms with Gasteiger partial charge in [-0.05, 0) is 24.2 Å². The number of thiazole rings is 1. The summed E-state index contributed by atoms with van der Waals surface area (Å²) < 4.78 is 2.88. The first-order chi connectivity index (χ1) is 12.8. The van der Waals surface area contributed by atoms with Gasteiger partial charge in [0.25, 0.3) is 0 Å². The lowest BCUT2D eigenvalue weighted by molar-refractivity contribution is 0.588. The van der Waals surface area contributed by atoms with Crippen LogP contribution in [0.4, 0.5) is 0 Å². The third-order valence-electron chi connectivity index (χ3n) is 4.41. The van der Waals surface area contributed by atoms with Crippen molar-refractivity contribution in [2.24, 2.45) is 0 Å². The molecule has 0 atom stereocenters. The highest BCUT2D eigenvalue weighted by Crippen LogP contribution is 2.29. The van der Waals surface area contributed by atoms with E-state index in [2.05, 4.69) is 39.2 Å². The predicted octanol–water partition coefficient (Wildman–Crippen LogP) is 7.08. The van der Waals surface area contributed by atoms with Gasteiger partial charge in [-0.25, -0.2) is 0 Å². The zero-order chi connectivity index (χ0) is 18.2. The Morgan fingerprint density at radius 1 is 0.962 bits per heavy atom. The van der Waals surface area contributed by atoms with Crippen LogP contribution in [0.15, 0.2) is 35.7 Å². The zero-order valence-corrected chi connectivity index (χ0v) is 17.6. The summed E-state index contributed by atoms with van der Waals surface area (Å²) in [6.07, 6.45) is 10.2. The minimum Gasteiger partial charge on any atom is -0.265 e. The Kier molecular flexibility index (Phi) is 7.53. The van der Waals surface area contributed by atoms with E-state index in [0.29, 0.717) is 0 Å².